The van der Waals surface area contributed by atoms with Gasteiger partial charge in [-0.05, 0) is 0 Å². The van der Waals surface area contributed by atoms with Crippen LogP contribution in [0.15, 0.2) is 12.4 Å². The van der Waals surface area contributed by atoms with Gasteiger partial charge in [-0.15, -0.1) is 0 Å². The van der Waals surface area contributed by atoms with E-state index in [4.69, 9.17) is 0 Å². The second-order valence-corrected chi connectivity index (χ2v) is 5.22. The highest BCUT2D eigenvalue weighted by atomic mass is 16.2. The molecule has 0 aliphatic rings. The molecular weight excluding hydrogens is 244 g/mol. The van der Waals surface area contributed by atoms with Gasteiger partial charge in [-0.1, -0.05) is 27.7 Å². The number of aromatic nitrogens is 2. The molecule has 1 aromatic heterocycles. The maximum absolute atomic E-state index is 11.5. The van der Waals surface area contributed by atoms with Crippen LogP contribution < -0.4 is 10.6 Å². The van der Waals surface area contributed by atoms with Gasteiger partial charge in [0.05, 0.1) is 24.6 Å². The minimum absolute atomic E-state index is 0.0479. The Balaban J connectivity index is 2.54. The van der Waals surface area contributed by atoms with Gasteiger partial charge in [0.2, 0.25) is 11.8 Å². The normalized spacial score (nSPS) is 10.9. The van der Waals surface area contributed by atoms with Crippen molar-refractivity contribution >= 4 is 17.5 Å². The summed E-state index contributed by atoms with van der Waals surface area (Å²) < 4.78 is 0. The van der Waals surface area contributed by atoms with Crippen molar-refractivity contribution in [3.8, 4) is 0 Å². The summed E-state index contributed by atoms with van der Waals surface area (Å²) in [7, 11) is 0. The van der Waals surface area contributed by atoms with Crippen molar-refractivity contribution in [2.45, 2.75) is 39.5 Å². The van der Waals surface area contributed by atoms with Gasteiger partial charge in [0, 0.05) is 11.8 Å². The lowest BCUT2D eigenvalue weighted by atomic mass is 9.96. The van der Waals surface area contributed by atoms with E-state index in [9.17, 15) is 9.59 Å². The lowest BCUT2D eigenvalue weighted by Gasteiger charge is -2.16. The second kappa shape index (κ2) is 6.26. The molecule has 19 heavy (non-hydrogen) atoms. The highest BCUT2D eigenvalue weighted by molar-refractivity contribution is 5.94. The highest BCUT2D eigenvalue weighted by Gasteiger charge is 2.16. The summed E-state index contributed by atoms with van der Waals surface area (Å²) in [6, 6.07) is 0. The number of amides is 2. The first kappa shape index (κ1) is 15.1. The molecule has 6 nitrogen and oxygen atoms in total. The van der Waals surface area contributed by atoms with E-state index < -0.39 is 0 Å². The predicted molar refractivity (Wildman–Crippen MR) is 72.7 cm³/mol. The Morgan fingerprint density at radius 3 is 2.21 bits per heavy atom. The van der Waals surface area contributed by atoms with Crippen molar-refractivity contribution in [2.24, 2.45) is 0 Å². The SMILES string of the molecule is CCC(=O)NCC(=O)Nc1cnc(C(C)(C)C)nc1. The number of carbonyl (C=O) groups excluding carboxylic acids is 2. The topological polar surface area (TPSA) is 84.0 Å². The first-order valence-electron chi connectivity index (χ1n) is 6.22. The Kier molecular flexibility index (Phi) is 4.97. The fourth-order valence-corrected chi connectivity index (χ4v) is 1.29. The standard InChI is InChI=1S/C13H20N4O2/c1-5-10(18)14-8-11(19)17-9-6-15-12(16-7-9)13(2,3)4/h6-7H,5,8H2,1-4H3,(H,14,18)(H,17,19). The van der Waals surface area contributed by atoms with Gasteiger partial charge in [-0.2, -0.15) is 0 Å². The van der Waals surface area contributed by atoms with Gasteiger partial charge < -0.3 is 10.6 Å². The van der Waals surface area contributed by atoms with Gasteiger partial charge in [-0.25, -0.2) is 9.97 Å². The average Bonchev–Trinajstić information content (AvgIpc) is 2.35. The molecule has 0 aliphatic carbocycles. The van der Waals surface area contributed by atoms with Gasteiger partial charge >= 0.3 is 0 Å². The van der Waals surface area contributed by atoms with Crippen LogP contribution in [0.2, 0.25) is 0 Å². The first-order chi connectivity index (χ1) is 8.82. The molecule has 0 spiro atoms. The van der Waals surface area contributed by atoms with E-state index in [1.54, 1.807) is 19.3 Å². The maximum atomic E-state index is 11.5. The molecule has 0 fully saturated rings. The fourth-order valence-electron chi connectivity index (χ4n) is 1.29. The van der Waals surface area contributed by atoms with Gasteiger partial charge in [-0.3, -0.25) is 9.59 Å². The zero-order chi connectivity index (χ0) is 14.5. The third kappa shape index (κ3) is 5.03. The Morgan fingerprint density at radius 1 is 1.16 bits per heavy atom. The van der Waals surface area contributed by atoms with Crippen LogP contribution in [0, 0.1) is 0 Å². The van der Waals surface area contributed by atoms with Crippen molar-refractivity contribution in [1.82, 2.24) is 15.3 Å². The molecule has 0 saturated carbocycles. The van der Waals surface area contributed by atoms with E-state index in [-0.39, 0.29) is 23.8 Å². The smallest absolute Gasteiger partial charge is 0.243 e. The Labute approximate surface area is 113 Å². The predicted octanol–water partition coefficient (Wildman–Crippen LogP) is 1.24. The molecule has 2 N–H and O–H groups in total. The van der Waals surface area contributed by atoms with Crippen LogP contribution in [0.25, 0.3) is 0 Å². The van der Waals surface area contributed by atoms with Crippen molar-refractivity contribution in [3.63, 3.8) is 0 Å². The largest absolute Gasteiger partial charge is 0.347 e. The molecule has 104 valence electrons. The number of rotatable bonds is 4. The van der Waals surface area contributed by atoms with E-state index in [0.717, 1.165) is 0 Å². The second-order valence-electron chi connectivity index (χ2n) is 5.22. The van der Waals surface area contributed by atoms with Crippen molar-refractivity contribution in [2.75, 3.05) is 11.9 Å². The van der Waals surface area contributed by atoms with Crippen LogP contribution >= 0.6 is 0 Å². The highest BCUT2D eigenvalue weighted by Crippen LogP contribution is 2.17. The molecular formula is C13H20N4O2. The molecule has 1 rings (SSSR count). The number of nitrogens with zero attached hydrogens (tertiary/aromatic N) is 2. The zero-order valence-electron chi connectivity index (χ0n) is 11.8. The van der Waals surface area contributed by atoms with Crippen LogP contribution in [0.1, 0.15) is 39.9 Å². The third-order valence-corrected chi connectivity index (χ3v) is 2.37. The van der Waals surface area contributed by atoms with Gasteiger partial charge in [0.1, 0.15) is 5.82 Å². The maximum Gasteiger partial charge on any atom is 0.243 e. The van der Waals surface area contributed by atoms with E-state index in [1.807, 2.05) is 20.8 Å². The number of carbonyl (C=O) groups is 2. The Bertz CT molecular complexity index is 449. The Morgan fingerprint density at radius 2 is 1.74 bits per heavy atom. The molecule has 0 aliphatic heterocycles. The van der Waals surface area contributed by atoms with Crippen LogP contribution in [0.3, 0.4) is 0 Å². The van der Waals surface area contributed by atoms with E-state index in [2.05, 4.69) is 20.6 Å². The fraction of sp³-hybridized carbons (Fsp3) is 0.538. The minimum Gasteiger partial charge on any atom is -0.347 e. The zero-order valence-corrected chi connectivity index (χ0v) is 11.8. The number of hydrogen-bond donors (Lipinski definition) is 2. The van der Waals surface area contributed by atoms with Crippen molar-refractivity contribution in [1.29, 1.82) is 0 Å². The monoisotopic (exact) mass is 264 g/mol. The summed E-state index contributed by atoms with van der Waals surface area (Å²) in [5.41, 5.74) is 0.390. The van der Waals surface area contributed by atoms with Crippen LogP contribution in [-0.4, -0.2) is 28.3 Å². The number of anilines is 1. The van der Waals surface area contributed by atoms with Crippen molar-refractivity contribution < 1.29 is 9.59 Å². The molecule has 0 atom stereocenters. The molecule has 1 heterocycles. The third-order valence-electron chi connectivity index (χ3n) is 2.37. The first-order valence-corrected chi connectivity index (χ1v) is 6.22. The number of hydrogen-bond acceptors (Lipinski definition) is 4. The summed E-state index contributed by atoms with van der Waals surface area (Å²) in [6.07, 6.45) is 3.48. The average molecular weight is 264 g/mol. The molecule has 0 bridgehead atoms. The summed E-state index contributed by atoms with van der Waals surface area (Å²) in [5.74, 6) is 0.258. The Hall–Kier alpha value is -1.98. The van der Waals surface area contributed by atoms with Crippen LogP contribution in [-0.2, 0) is 15.0 Å². The van der Waals surface area contributed by atoms with Gasteiger partial charge in [0.25, 0.3) is 0 Å². The summed E-state index contributed by atoms with van der Waals surface area (Å²) in [5, 5.41) is 5.12. The molecule has 0 unspecified atom stereocenters. The van der Waals surface area contributed by atoms with E-state index >= 15 is 0 Å². The molecule has 0 radical (unpaired) electrons. The van der Waals surface area contributed by atoms with Crippen LogP contribution in [0.5, 0.6) is 0 Å². The van der Waals surface area contributed by atoms with E-state index in [1.165, 1.54) is 0 Å². The molecule has 0 aromatic carbocycles. The minimum atomic E-state index is -0.297. The van der Waals surface area contributed by atoms with Gasteiger partial charge in [0.15, 0.2) is 0 Å². The summed E-state index contributed by atoms with van der Waals surface area (Å²) >= 11 is 0. The molecule has 1 aromatic rings. The molecule has 6 heteroatoms. The summed E-state index contributed by atoms with van der Waals surface area (Å²) in [6.45, 7) is 7.72. The molecule has 2 amide bonds. The van der Waals surface area contributed by atoms with E-state index in [0.29, 0.717) is 17.9 Å². The lowest BCUT2D eigenvalue weighted by molar-refractivity contribution is -0.123. The summed E-state index contributed by atoms with van der Waals surface area (Å²) in [4.78, 5) is 30.9. The van der Waals surface area contributed by atoms with Crippen molar-refractivity contribution in [3.05, 3.63) is 18.2 Å². The lowest BCUT2D eigenvalue weighted by Crippen LogP contribution is -2.32. The number of nitrogens with one attached hydrogen (secondary N) is 2. The van der Waals surface area contributed by atoms with Crippen LogP contribution in [0.4, 0.5) is 5.69 Å². The quantitative estimate of drug-likeness (QED) is 0.857. The molecule has 0 saturated heterocycles.